The first-order valence-corrected chi connectivity index (χ1v) is 8.96. The van der Waals surface area contributed by atoms with Gasteiger partial charge in [-0.25, -0.2) is 0 Å². The van der Waals surface area contributed by atoms with Crippen LogP contribution in [0.3, 0.4) is 0 Å². The molecule has 0 radical (unpaired) electrons. The Morgan fingerprint density at radius 2 is 1.27 bits per heavy atom. The van der Waals surface area contributed by atoms with E-state index in [1.54, 1.807) is 12.1 Å². The zero-order valence-electron chi connectivity index (χ0n) is 13.7. The molecule has 4 aromatic rings. The molecule has 4 aromatic carbocycles. The summed E-state index contributed by atoms with van der Waals surface area (Å²) in [5.74, 6) is 0. The molecule has 0 spiro atoms. The SMILES string of the molecule is O=[N+]([O-])c1cc(Br)ccc1-c1ccc(-c2ccccc2)c2ccccc12. The molecule has 0 unspecified atom stereocenters. The Morgan fingerprint density at radius 3 is 1.96 bits per heavy atom. The van der Waals surface area contributed by atoms with Crippen LogP contribution < -0.4 is 0 Å². The lowest BCUT2D eigenvalue weighted by atomic mass is 9.91. The standard InChI is InChI=1S/C22H14BrNO2/c23-16-10-11-21(22(14-16)24(25)26)20-13-12-17(15-6-2-1-3-7-15)18-8-4-5-9-19(18)20/h1-14H. The van der Waals surface area contributed by atoms with Crippen molar-refractivity contribution in [1.82, 2.24) is 0 Å². The molecular formula is C22H14BrNO2. The summed E-state index contributed by atoms with van der Waals surface area (Å²) in [6.07, 6.45) is 0. The highest BCUT2D eigenvalue weighted by atomic mass is 79.9. The van der Waals surface area contributed by atoms with Crippen LogP contribution in [-0.2, 0) is 0 Å². The van der Waals surface area contributed by atoms with Crippen molar-refractivity contribution in [1.29, 1.82) is 0 Å². The molecule has 0 aliphatic carbocycles. The second-order valence-electron chi connectivity index (χ2n) is 5.99. The first-order valence-electron chi connectivity index (χ1n) is 8.16. The van der Waals surface area contributed by atoms with Crippen LogP contribution in [0.25, 0.3) is 33.0 Å². The van der Waals surface area contributed by atoms with E-state index in [1.807, 2.05) is 54.6 Å². The van der Waals surface area contributed by atoms with Crippen LogP contribution in [0.2, 0.25) is 0 Å². The molecule has 4 rings (SSSR count). The fourth-order valence-electron chi connectivity index (χ4n) is 3.29. The Morgan fingerprint density at radius 1 is 0.692 bits per heavy atom. The van der Waals surface area contributed by atoms with E-state index in [2.05, 4.69) is 34.1 Å². The quantitative estimate of drug-likeness (QED) is 0.277. The van der Waals surface area contributed by atoms with E-state index >= 15 is 0 Å². The molecule has 0 N–H and O–H groups in total. The van der Waals surface area contributed by atoms with Gasteiger partial charge in [-0.2, -0.15) is 0 Å². The number of nitrogens with zero attached hydrogens (tertiary/aromatic N) is 1. The topological polar surface area (TPSA) is 43.1 Å². The molecule has 0 aliphatic heterocycles. The third-order valence-electron chi connectivity index (χ3n) is 4.46. The van der Waals surface area contributed by atoms with Gasteiger partial charge in [0.15, 0.2) is 0 Å². The fraction of sp³-hybridized carbons (Fsp3) is 0. The molecule has 4 heteroatoms. The van der Waals surface area contributed by atoms with Crippen molar-refractivity contribution in [3.63, 3.8) is 0 Å². The van der Waals surface area contributed by atoms with Crippen LogP contribution in [0.4, 0.5) is 5.69 Å². The summed E-state index contributed by atoms with van der Waals surface area (Å²) < 4.78 is 0.693. The van der Waals surface area contributed by atoms with Crippen molar-refractivity contribution in [3.05, 3.63) is 99.5 Å². The van der Waals surface area contributed by atoms with E-state index in [4.69, 9.17) is 0 Å². The first kappa shape index (κ1) is 16.5. The molecule has 0 aliphatic rings. The average Bonchev–Trinajstić information content (AvgIpc) is 2.68. The maximum Gasteiger partial charge on any atom is 0.278 e. The summed E-state index contributed by atoms with van der Waals surface area (Å²) in [5.41, 5.74) is 3.82. The minimum Gasteiger partial charge on any atom is -0.258 e. The van der Waals surface area contributed by atoms with Gasteiger partial charge in [-0.15, -0.1) is 0 Å². The summed E-state index contributed by atoms with van der Waals surface area (Å²) in [5, 5.41) is 13.6. The van der Waals surface area contributed by atoms with Crippen LogP contribution >= 0.6 is 15.9 Å². The largest absolute Gasteiger partial charge is 0.278 e. The number of rotatable bonds is 3. The Hall–Kier alpha value is -2.98. The van der Waals surface area contributed by atoms with E-state index in [9.17, 15) is 10.1 Å². The lowest BCUT2D eigenvalue weighted by molar-refractivity contribution is -0.384. The van der Waals surface area contributed by atoms with Crippen molar-refractivity contribution in [2.24, 2.45) is 0 Å². The molecule has 0 heterocycles. The Balaban J connectivity index is 2.02. The minimum absolute atomic E-state index is 0.0944. The number of hydrogen-bond donors (Lipinski definition) is 0. The maximum atomic E-state index is 11.6. The number of hydrogen-bond acceptors (Lipinski definition) is 2. The second-order valence-corrected chi connectivity index (χ2v) is 6.91. The van der Waals surface area contributed by atoms with E-state index in [-0.39, 0.29) is 10.6 Å². The Bertz CT molecular complexity index is 1120. The summed E-state index contributed by atoms with van der Waals surface area (Å²) in [6.45, 7) is 0. The monoisotopic (exact) mass is 403 g/mol. The van der Waals surface area contributed by atoms with Gasteiger partial charge in [-0.1, -0.05) is 82.7 Å². The molecule has 0 saturated heterocycles. The molecule has 0 amide bonds. The van der Waals surface area contributed by atoms with Crippen molar-refractivity contribution in [3.8, 4) is 22.3 Å². The number of benzene rings is 4. The third-order valence-corrected chi connectivity index (χ3v) is 4.95. The predicted octanol–water partition coefficient (Wildman–Crippen LogP) is 6.84. The Labute approximate surface area is 159 Å². The summed E-state index contributed by atoms with van der Waals surface area (Å²) in [4.78, 5) is 11.2. The summed E-state index contributed by atoms with van der Waals surface area (Å²) in [6, 6.07) is 27.4. The molecule has 0 bridgehead atoms. The van der Waals surface area contributed by atoms with Crippen LogP contribution in [0, 0.1) is 10.1 Å². The smallest absolute Gasteiger partial charge is 0.258 e. The highest BCUT2D eigenvalue weighted by Gasteiger charge is 2.18. The summed E-state index contributed by atoms with van der Waals surface area (Å²) >= 11 is 3.32. The predicted molar refractivity (Wildman–Crippen MR) is 109 cm³/mol. The van der Waals surface area contributed by atoms with E-state index in [1.165, 1.54) is 0 Å². The molecular weight excluding hydrogens is 390 g/mol. The van der Waals surface area contributed by atoms with Gasteiger partial charge in [0.1, 0.15) is 0 Å². The van der Waals surface area contributed by atoms with Crippen LogP contribution in [0.1, 0.15) is 0 Å². The highest BCUT2D eigenvalue weighted by Crippen LogP contribution is 2.39. The van der Waals surface area contributed by atoms with Gasteiger partial charge in [0.05, 0.1) is 10.5 Å². The van der Waals surface area contributed by atoms with Gasteiger partial charge in [0.25, 0.3) is 5.69 Å². The molecule has 0 atom stereocenters. The lowest BCUT2D eigenvalue weighted by Gasteiger charge is -2.12. The highest BCUT2D eigenvalue weighted by molar-refractivity contribution is 9.10. The van der Waals surface area contributed by atoms with Gasteiger partial charge in [0.2, 0.25) is 0 Å². The third kappa shape index (κ3) is 2.89. The van der Waals surface area contributed by atoms with Gasteiger partial charge in [-0.05, 0) is 39.6 Å². The normalized spacial score (nSPS) is 10.8. The van der Waals surface area contributed by atoms with Crippen molar-refractivity contribution < 1.29 is 4.92 Å². The van der Waals surface area contributed by atoms with E-state index in [0.717, 1.165) is 27.5 Å². The van der Waals surface area contributed by atoms with Gasteiger partial charge >= 0.3 is 0 Å². The van der Waals surface area contributed by atoms with Crippen molar-refractivity contribution in [2.75, 3.05) is 0 Å². The molecule has 26 heavy (non-hydrogen) atoms. The second kappa shape index (κ2) is 6.73. The number of nitro benzene ring substituents is 1. The zero-order chi connectivity index (χ0) is 18.1. The van der Waals surface area contributed by atoms with E-state index in [0.29, 0.717) is 10.0 Å². The molecule has 3 nitrogen and oxygen atoms in total. The van der Waals surface area contributed by atoms with Crippen molar-refractivity contribution in [2.45, 2.75) is 0 Å². The molecule has 0 fully saturated rings. The van der Waals surface area contributed by atoms with E-state index < -0.39 is 0 Å². The number of fused-ring (bicyclic) bond motifs is 1. The fourth-order valence-corrected chi connectivity index (χ4v) is 3.64. The van der Waals surface area contributed by atoms with Crippen LogP contribution in [0.15, 0.2) is 89.4 Å². The van der Waals surface area contributed by atoms with Gasteiger partial charge in [0, 0.05) is 10.5 Å². The molecule has 0 aromatic heterocycles. The molecule has 126 valence electrons. The number of nitro groups is 1. The Kier molecular flexibility index (Phi) is 4.27. The first-order chi connectivity index (χ1) is 12.6. The maximum absolute atomic E-state index is 11.6. The zero-order valence-corrected chi connectivity index (χ0v) is 15.3. The average molecular weight is 404 g/mol. The summed E-state index contributed by atoms with van der Waals surface area (Å²) in [7, 11) is 0. The molecule has 0 saturated carbocycles. The van der Waals surface area contributed by atoms with Gasteiger partial charge < -0.3 is 0 Å². The minimum atomic E-state index is -0.333. The number of halogens is 1. The van der Waals surface area contributed by atoms with Gasteiger partial charge in [-0.3, -0.25) is 10.1 Å². The lowest BCUT2D eigenvalue weighted by Crippen LogP contribution is -1.93. The van der Waals surface area contributed by atoms with Crippen LogP contribution in [-0.4, -0.2) is 4.92 Å². The van der Waals surface area contributed by atoms with Crippen molar-refractivity contribution >= 4 is 32.4 Å². The van der Waals surface area contributed by atoms with Crippen LogP contribution in [0.5, 0.6) is 0 Å².